The predicted octanol–water partition coefficient (Wildman–Crippen LogP) is 3.00. The third kappa shape index (κ3) is 6.09. The van der Waals surface area contributed by atoms with Crippen LogP contribution < -0.4 is 16.4 Å². The zero-order chi connectivity index (χ0) is 20.7. The highest BCUT2D eigenvalue weighted by Gasteiger charge is 2.23. The van der Waals surface area contributed by atoms with Gasteiger partial charge in [-0.3, -0.25) is 14.4 Å². The highest BCUT2D eigenvalue weighted by molar-refractivity contribution is 6.31. The second-order valence-electron chi connectivity index (χ2n) is 6.90. The van der Waals surface area contributed by atoms with E-state index in [4.69, 9.17) is 17.3 Å². The van der Waals surface area contributed by atoms with Crippen molar-refractivity contribution >= 4 is 34.9 Å². The van der Waals surface area contributed by atoms with Crippen LogP contribution in [0.15, 0.2) is 48.5 Å². The van der Waals surface area contributed by atoms with E-state index < -0.39 is 11.9 Å². The number of hydrogen-bond donors (Lipinski definition) is 3. The average molecular weight is 402 g/mol. The second kappa shape index (κ2) is 9.90. The van der Waals surface area contributed by atoms with Crippen molar-refractivity contribution in [1.29, 1.82) is 0 Å². The first-order valence-corrected chi connectivity index (χ1v) is 9.37. The number of primary amides is 1. The molecular formula is C21H24ClN3O3. The van der Waals surface area contributed by atoms with Gasteiger partial charge in [0.05, 0.1) is 6.54 Å². The molecule has 0 saturated carbocycles. The molecule has 0 fully saturated rings. The molecule has 1 atom stereocenters. The van der Waals surface area contributed by atoms with Crippen LogP contribution in [0.5, 0.6) is 0 Å². The molecule has 0 aliphatic carbocycles. The summed E-state index contributed by atoms with van der Waals surface area (Å²) in [6, 6.07) is 13.1. The molecule has 6 nitrogen and oxygen atoms in total. The normalized spacial score (nSPS) is 11.7. The van der Waals surface area contributed by atoms with Gasteiger partial charge >= 0.3 is 0 Å². The Morgan fingerprint density at radius 3 is 2.36 bits per heavy atom. The van der Waals surface area contributed by atoms with Crippen LogP contribution in [0.2, 0.25) is 5.02 Å². The van der Waals surface area contributed by atoms with Crippen LogP contribution in [0.25, 0.3) is 0 Å². The van der Waals surface area contributed by atoms with Gasteiger partial charge in [0.1, 0.15) is 6.04 Å². The summed E-state index contributed by atoms with van der Waals surface area (Å²) in [4.78, 5) is 36.4. The van der Waals surface area contributed by atoms with Crippen LogP contribution in [0.3, 0.4) is 0 Å². The topological polar surface area (TPSA) is 101 Å². The average Bonchev–Trinajstić information content (AvgIpc) is 2.66. The summed E-state index contributed by atoms with van der Waals surface area (Å²) in [5.41, 5.74) is 6.49. The monoisotopic (exact) mass is 401 g/mol. The van der Waals surface area contributed by atoms with Gasteiger partial charge in [-0.1, -0.05) is 55.8 Å². The van der Waals surface area contributed by atoms with Crippen LogP contribution in [-0.4, -0.2) is 30.2 Å². The number of anilines is 1. The molecule has 2 aromatic carbocycles. The fourth-order valence-corrected chi connectivity index (χ4v) is 2.94. The maximum absolute atomic E-state index is 12.9. The van der Waals surface area contributed by atoms with E-state index in [1.807, 2.05) is 19.9 Å². The Labute approximate surface area is 169 Å². The highest BCUT2D eigenvalue weighted by Crippen LogP contribution is 2.25. The summed E-state index contributed by atoms with van der Waals surface area (Å²) in [7, 11) is 0. The summed E-state index contributed by atoms with van der Waals surface area (Å²) in [5, 5.41) is 6.07. The summed E-state index contributed by atoms with van der Waals surface area (Å²) >= 11 is 6.11. The van der Waals surface area contributed by atoms with Crippen LogP contribution in [0.1, 0.15) is 36.2 Å². The van der Waals surface area contributed by atoms with Crippen molar-refractivity contribution in [2.45, 2.75) is 26.3 Å². The van der Waals surface area contributed by atoms with Gasteiger partial charge in [0.15, 0.2) is 5.78 Å². The van der Waals surface area contributed by atoms with E-state index in [0.29, 0.717) is 28.3 Å². The SMILES string of the molecule is CC(C)C[C@H](Nc1ccc(Cl)cc1C(=O)c1ccccc1)C(=O)NCC(N)=O. The molecule has 0 spiro atoms. The van der Waals surface area contributed by atoms with Gasteiger partial charge in [-0.05, 0) is 30.5 Å². The molecule has 0 aliphatic rings. The largest absolute Gasteiger partial charge is 0.373 e. The van der Waals surface area contributed by atoms with Crippen LogP contribution in [0, 0.1) is 5.92 Å². The predicted molar refractivity (Wildman–Crippen MR) is 110 cm³/mol. The lowest BCUT2D eigenvalue weighted by Gasteiger charge is -2.22. The van der Waals surface area contributed by atoms with Gasteiger partial charge in [-0.15, -0.1) is 0 Å². The van der Waals surface area contributed by atoms with Gasteiger partial charge in [0.2, 0.25) is 11.8 Å². The van der Waals surface area contributed by atoms with Crippen LogP contribution in [-0.2, 0) is 9.59 Å². The molecule has 28 heavy (non-hydrogen) atoms. The van der Waals surface area contributed by atoms with Gasteiger partial charge in [-0.2, -0.15) is 0 Å². The third-order valence-electron chi connectivity index (χ3n) is 4.05. The molecule has 2 aromatic rings. The minimum Gasteiger partial charge on any atom is -0.373 e. The van der Waals surface area contributed by atoms with Crippen molar-refractivity contribution < 1.29 is 14.4 Å². The molecule has 7 heteroatoms. The van der Waals surface area contributed by atoms with Crippen molar-refractivity contribution in [1.82, 2.24) is 5.32 Å². The maximum atomic E-state index is 12.9. The third-order valence-corrected chi connectivity index (χ3v) is 4.29. The molecule has 0 bridgehead atoms. The molecule has 4 N–H and O–H groups in total. The van der Waals surface area contributed by atoms with Crippen LogP contribution >= 0.6 is 11.6 Å². The molecule has 0 radical (unpaired) electrons. The van der Waals surface area contributed by atoms with Crippen LogP contribution in [0.4, 0.5) is 5.69 Å². The molecule has 0 saturated heterocycles. The van der Waals surface area contributed by atoms with Crippen molar-refractivity contribution in [3.8, 4) is 0 Å². The number of amides is 2. The summed E-state index contributed by atoms with van der Waals surface area (Å²) in [6.45, 7) is 3.72. The lowest BCUT2D eigenvalue weighted by Crippen LogP contribution is -2.44. The number of hydrogen-bond acceptors (Lipinski definition) is 4. The van der Waals surface area contributed by atoms with E-state index in [1.165, 1.54) is 0 Å². The molecule has 0 heterocycles. The molecule has 148 valence electrons. The lowest BCUT2D eigenvalue weighted by atomic mass is 9.99. The van der Waals surface area contributed by atoms with E-state index in [0.717, 1.165) is 0 Å². The summed E-state index contributed by atoms with van der Waals surface area (Å²) in [6.07, 6.45) is 0.506. The fraction of sp³-hybridized carbons (Fsp3) is 0.286. The first kappa shape index (κ1) is 21.4. The number of carbonyl (C=O) groups excluding carboxylic acids is 3. The smallest absolute Gasteiger partial charge is 0.242 e. The van der Waals surface area contributed by atoms with Gasteiger partial charge in [0, 0.05) is 21.8 Å². The standard InChI is InChI=1S/C21H24ClN3O3/c1-13(2)10-18(21(28)24-12-19(23)26)25-17-9-8-15(22)11-16(17)20(27)14-6-4-3-5-7-14/h3-9,11,13,18,25H,10,12H2,1-2H3,(H2,23,26)(H,24,28)/t18-/m0/s1. The molecule has 0 aromatic heterocycles. The molecule has 2 rings (SSSR count). The van der Waals surface area contributed by atoms with Crippen molar-refractivity contribution in [3.05, 3.63) is 64.7 Å². The van der Waals surface area contributed by atoms with Crippen molar-refractivity contribution in [2.24, 2.45) is 11.7 Å². The Hall–Kier alpha value is -2.86. The molecule has 2 amide bonds. The van der Waals surface area contributed by atoms with Crippen molar-refractivity contribution in [3.63, 3.8) is 0 Å². The van der Waals surface area contributed by atoms with E-state index in [-0.39, 0.29) is 24.2 Å². The Bertz CT molecular complexity index is 853. The minimum atomic E-state index is -0.636. The zero-order valence-corrected chi connectivity index (χ0v) is 16.6. The first-order chi connectivity index (χ1) is 13.3. The second-order valence-corrected chi connectivity index (χ2v) is 7.33. The van der Waals surface area contributed by atoms with Crippen molar-refractivity contribution in [2.75, 3.05) is 11.9 Å². The lowest BCUT2D eigenvalue weighted by molar-refractivity contribution is -0.125. The number of nitrogens with one attached hydrogen (secondary N) is 2. The number of carbonyl (C=O) groups is 3. The Morgan fingerprint density at radius 2 is 1.75 bits per heavy atom. The minimum absolute atomic E-state index is 0.202. The van der Waals surface area contributed by atoms with Gasteiger partial charge in [0.25, 0.3) is 0 Å². The number of ketones is 1. The van der Waals surface area contributed by atoms with Gasteiger partial charge in [-0.25, -0.2) is 0 Å². The Kier molecular flexibility index (Phi) is 7.58. The van der Waals surface area contributed by atoms with E-state index in [9.17, 15) is 14.4 Å². The zero-order valence-electron chi connectivity index (χ0n) is 15.9. The Balaban J connectivity index is 2.32. The number of nitrogens with two attached hydrogens (primary N) is 1. The number of rotatable bonds is 9. The number of halogens is 1. The molecule has 0 unspecified atom stereocenters. The first-order valence-electron chi connectivity index (χ1n) is 8.99. The summed E-state index contributed by atoms with van der Waals surface area (Å²) in [5.74, 6) is -0.979. The Morgan fingerprint density at radius 1 is 1.07 bits per heavy atom. The quantitative estimate of drug-likeness (QED) is 0.562. The van der Waals surface area contributed by atoms with E-state index in [1.54, 1.807) is 42.5 Å². The number of benzene rings is 2. The van der Waals surface area contributed by atoms with Gasteiger partial charge < -0.3 is 16.4 Å². The summed E-state index contributed by atoms with van der Waals surface area (Å²) < 4.78 is 0. The van der Waals surface area contributed by atoms with E-state index in [2.05, 4.69) is 10.6 Å². The van der Waals surface area contributed by atoms with E-state index >= 15 is 0 Å². The molecule has 0 aliphatic heterocycles. The fourth-order valence-electron chi connectivity index (χ4n) is 2.76. The highest BCUT2D eigenvalue weighted by atomic mass is 35.5. The molecular weight excluding hydrogens is 378 g/mol. The maximum Gasteiger partial charge on any atom is 0.242 e.